The molecule has 3 heterocycles. The molecule has 3 aromatic rings. The van der Waals surface area contributed by atoms with Crippen molar-refractivity contribution < 1.29 is 8.78 Å². The number of hydrogen-bond donors (Lipinski definition) is 4. The molecule has 0 radical (unpaired) electrons. The fourth-order valence-corrected chi connectivity index (χ4v) is 4.65. The van der Waals surface area contributed by atoms with Gasteiger partial charge in [0.1, 0.15) is 23.7 Å². The highest BCUT2D eigenvalue weighted by atomic mass is 19.3. The average molecular weight is 533 g/mol. The van der Waals surface area contributed by atoms with Crippen LogP contribution in [-0.4, -0.2) is 38.3 Å². The molecule has 39 heavy (non-hydrogen) atoms. The second-order valence-corrected chi connectivity index (χ2v) is 11.2. The molecule has 1 fully saturated rings. The van der Waals surface area contributed by atoms with E-state index in [0.717, 1.165) is 5.69 Å². The number of halogens is 2. The second kappa shape index (κ2) is 9.71. The van der Waals surface area contributed by atoms with Crippen LogP contribution >= 0.6 is 0 Å². The van der Waals surface area contributed by atoms with Gasteiger partial charge in [-0.2, -0.15) is 15.6 Å². The van der Waals surface area contributed by atoms with Crippen LogP contribution in [0.2, 0.25) is 0 Å². The number of benzene rings is 1. The van der Waals surface area contributed by atoms with E-state index in [1.54, 1.807) is 30.2 Å². The highest BCUT2D eigenvalue weighted by molar-refractivity contribution is 5.99. The maximum atomic E-state index is 13.8. The first kappa shape index (κ1) is 26.2. The van der Waals surface area contributed by atoms with E-state index in [0.29, 0.717) is 58.5 Å². The summed E-state index contributed by atoms with van der Waals surface area (Å²) in [5.41, 5.74) is 8.41. The van der Waals surface area contributed by atoms with Crippen LogP contribution in [-0.2, 0) is 7.05 Å². The van der Waals surface area contributed by atoms with Crippen LogP contribution < -0.4 is 21.6 Å². The Balaban J connectivity index is 1.58. The Bertz CT molecular complexity index is 1520. The highest BCUT2D eigenvalue weighted by Crippen LogP contribution is 2.47. The summed E-state index contributed by atoms with van der Waals surface area (Å²) in [6.07, 6.45) is 3.07. The zero-order valence-corrected chi connectivity index (χ0v) is 22.2. The van der Waals surface area contributed by atoms with Crippen molar-refractivity contribution in [1.29, 1.82) is 10.5 Å². The number of aryl methyl sites for hydroxylation is 1. The lowest BCUT2D eigenvalue weighted by atomic mass is 9.96. The van der Waals surface area contributed by atoms with E-state index < -0.39 is 18.0 Å². The predicted octanol–water partition coefficient (Wildman–Crippen LogP) is 4.29. The van der Waals surface area contributed by atoms with E-state index in [1.165, 1.54) is 11.2 Å². The minimum atomic E-state index is -2.50. The first-order valence-electron chi connectivity index (χ1n) is 12.6. The lowest BCUT2D eigenvalue weighted by molar-refractivity contribution is 0.00911. The van der Waals surface area contributed by atoms with Crippen molar-refractivity contribution in [2.45, 2.75) is 51.6 Å². The Hall–Kier alpha value is -4.42. The molecule has 4 N–H and O–H groups in total. The summed E-state index contributed by atoms with van der Waals surface area (Å²) in [7, 11) is 1.80. The van der Waals surface area contributed by atoms with Crippen LogP contribution in [0, 0.1) is 28.1 Å². The van der Waals surface area contributed by atoms with Crippen LogP contribution in [0.3, 0.4) is 0 Å². The van der Waals surface area contributed by atoms with Crippen LogP contribution in [0.25, 0.3) is 10.9 Å². The Morgan fingerprint density at radius 2 is 1.92 bits per heavy atom. The molecule has 10 nitrogen and oxygen atoms in total. The summed E-state index contributed by atoms with van der Waals surface area (Å²) >= 11 is 0. The maximum Gasteiger partial charge on any atom is 0.262 e. The number of anilines is 2. The molecular weight excluding hydrogens is 502 g/mol. The normalized spacial score (nSPS) is 16.8. The van der Waals surface area contributed by atoms with E-state index in [-0.39, 0.29) is 5.41 Å². The van der Waals surface area contributed by atoms with Gasteiger partial charge in [-0.1, -0.05) is 20.8 Å². The molecule has 2 aliphatic rings. The number of fused-ring (bicyclic) bond motifs is 1. The molecule has 0 saturated heterocycles. The number of aromatic nitrogens is 3. The topological polar surface area (TPSA) is 130 Å². The molecule has 0 spiro atoms. The van der Waals surface area contributed by atoms with Gasteiger partial charge < -0.3 is 16.1 Å². The molecule has 1 aromatic carbocycles. The molecule has 1 aliphatic heterocycles. The average Bonchev–Trinajstić information content (AvgIpc) is 3.37. The molecule has 1 aliphatic carbocycles. The lowest BCUT2D eigenvalue weighted by Crippen LogP contribution is -2.48. The number of nitriles is 2. The third kappa shape index (κ3) is 4.91. The standard InChI is InChI=1S/C27H30F2N10/c1-26(2,3)15-33-23-17(12-31)13-32-22-16(11-30)9-18(10-19(22)23)35-24(21-5-8-34-38(21)4)20-14-39(37-36-20)27(6-7-27)25(28)29/h5,8-10,13-14,24-25,35-37H,6-7,15H2,1-4H3,(H,32,33)/t24-/m1/s1. The van der Waals surface area contributed by atoms with Gasteiger partial charge in [0, 0.05) is 43.3 Å². The van der Waals surface area contributed by atoms with Crippen LogP contribution in [0.5, 0.6) is 0 Å². The second-order valence-electron chi connectivity index (χ2n) is 11.2. The van der Waals surface area contributed by atoms with Gasteiger partial charge in [-0.15, -0.1) is 5.53 Å². The Kier molecular flexibility index (Phi) is 6.52. The Labute approximate surface area is 225 Å². The molecule has 202 valence electrons. The first-order valence-corrected chi connectivity index (χ1v) is 12.6. The summed E-state index contributed by atoms with van der Waals surface area (Å²) in [6.45, 7) is 6.85. The predicted molar refractivity (Wildman–Crippen MR) is 143 cm³/mol. The summed E-state index contributed by atoms with van der Waals surface area (Å²) in [5.74, 6) is 0. The number of nitrogens with one attached hydrogen (secondary N) is 4. The van der Waals surface area contributed by atoms with Crippen LogP contribution in [0.15, 0.2) is 42.5 Å². The van der Waals surface area contributed by atoms with Crippen LogP contribution in [0.4, 0.5) is 20.2 Å². The number of hydrazine groups is 2. The Morgan fingerprint density at radius 3 is 2.51 bits per heavy atom. The van der Waals surface area contributed by atoms with Gasteiger partial charge in [0.25, 0.3) is 6.43 Å². The molecule has 1 atom stereocenters. The Morgan fingerprint density at radius 1 is 1.18 bits per heavy atom. The van der Waals surface area contributed by atoms with Gasteiger partial charge in [0.05, 0.1) is 33.7 Å². The SMILES string of the molecule is Cn1nccc1[C@H](Nc1cc(C#N)c2ncc(C#N)c(NCC(C)(C)C)c2c1)C1=CN(C2(C(F)F)CC2)NN1. The van der Waals surface area contributed by atoms with Crippen molar-refractivity contribution >= 4 is 22.3 Å². The van der Waals surface area contributed by atoms with Crippen molar-refractivity contribution in [3.63, 3.8) is 0 Å². The number of pyridine rings is 1. The van der Waals surface area contributed by atoms with Gasteiger partial charge >= 0.3 is 0 Å². The van der Waals surface area contributed by atoms with E-state index in [2.05, 4.69) is 64.6 Å². The zero-order valence-electron chi connectivity index (χ0n) is 22.2. The molecule has 0 unspecified atom stereocenters. The monoisotopic (exact) mass is 532 g/mol. The number of rotatable bonds is 8. The van der Waals surface area contributed by atoms with Gasteiger partial charge in [0.15, 0.2) is 0 Å². The third-order valence-electron chi connectivity index (χ3n) is 7.02. The van der Waals surface area contributed by atoms with Gasteiger partial charge in [-0.25, -0.2) is 8.78 Å². The van der Waals surface area contributed by atoms with Gasteiger partial charge in [0.2, 0.25) is 0 Å². The van der Waals surface area contributed by atoms with Gasteiger partial charge in [-0.3, -0.25) is 14.7 Å². The minimum absolute atomic E-state index is 0.0580. The van der Waals surface area contributed by atoms with E-state index in [4.69, 9.17) is 0 Å². The summed E-state index contributed by atoms with van der Waals surface area (Å²) < 4.78 is 29.2. The van der Waals surface area contributed by atoms with Crippen molar-refractivity contribution in [3.05, 3.63) is 59.3 Å². The minimum Gasteiger partial charge on any atom is -0.383 e. The quantitative estimate of drug-likeness (QED) is 0.336. The van der Waals surface area contributed by atoms with Crippen molar-refractivity contribution in [2.24, 2.45) is 12.5 Å². The molecule has 0 amide bonds. The molecule has 12 heteroatoms. The molecule has 5 rings (SSSR count). The van der Waals surface area contributed by atoms with E-state index in [9.17, 15) is 19.3 Å². The largest absolute Gasteiger partial charge is 0.383 e. The fraction of sp³-hybridized carbons (Fsp3) is 0.407. The summed E-state index contributed by atoms with van der Waals surface area (Å²) in [6, 6.07) is 9.27. The number of alkyl halides is 2. The third-order valence-corrected chi connectivity index (χ3v) is 7.02. The van der Waals surface area contributed by atoms with E-state index >= 15 is 0 Å². The molecule has 1 saturated carbocycles. The zero-order chi connectivity index (χ0) is 27.9. The highest BCUT2D eigenvalue weighted by Gasteiger charge is 2.56. The molecular formula is C27H30F2N10. The first-order chi connectivity index (χ1) is 18.6. The summed E-state index contributed by atoms with van der Waals surface area (Å²) in [4.78, 5) is 4.41. The smallest absolute Gasteiger partial charge is 0.262 e. The summed E-state index contributed by atoms with van der Waals surface area (Å²) in [5, 5.41) is 32.9. The number of nitrogens with zero attached hydrogens (tertiary/aromatic N) is 6. The van der Waals surface area contributed by atoms with Gasteiger partial charge in [-0.05, 0) is 36.5 Å². The van der Waals surface area contributed by atoms with Crippen LogP contribution in [0.1, 0.15) is 56.5 Å². The lowest BCUT2D eigenvalue weighted by Gasteiger charge is -2.25. The molecule has 2 aromatic heterocycles. The maximum absolute atomic E-state index is 13.8. The van der Waals surface area contributed by atoms with Crippen molar-refractivity contribution in [1.82, 2.24) is 30.7 Å². The number of hydrogen-bond acceptors (Lipinski definition) is 9. The fourth-order valence-electron chi connectivity index (χ4n) is 4.65. The van der Waals surface area contributed by atoms with Crippen molar-refractivity contribution in [2.75, 3.05) is 17.2 Å². The van der Waals surface area contributed by atoms with Crippen molar-refractivity contribution in [3.8, 4) is 12.1 Å². The van der Waals surface area contributed by atoms with E-state index in [1.807, 2.05) is 12.1 Å². The molecule has 0 bridgehead atoms.